The van der Waals surface area contributed by atoms with Crippen molar-refractivity contribution in [1.29, 1.82) is 0 Å². The van der Waals surface area contributed by atoms with Crippen LogP contribution in [0.4, 0.5) is 6.01 Å². The van der Waals surface area contributed by atoms with Gasteiger partial charge in [-0.15, -0.1) is 5.10 Å². The summed E-state index contributed by atoms with van der Waals surface area (Å²) in [7, 11) is 4.84. The maximum atomic E-state index is 12.2. The highest BCUT2D eigenvalue weighted by molar-refractivity contribution is 6.02. The number of nitrogens with zero attached hydrogens (tertiary/aromatic N) is 4. The number of aromatic nitrogens is 4. The van der Waals surface area contributed by atoms with E-state index in [4.69, 9.17) is 13.9 Å². The van der Waals surface area contributed by atoms with E-state index in [2.05, 4.69) is 20.6 Å². The highest BCUT2D eigenvalue weighted by Gasteiger charge is 2.17. The van der Waals surface area contributed by atoms with Crippen LogP contribution in [0.1, 0.15) is 16.1 Å². The highest BCUT2D eigenvalue weighted by atomic mass is 16.5. The molecule has 1 amide bonds. The summed E-state index contributed by atoms with van der Waals surface area (Å²) in [5, 5.41) is 14.4. The number of rotatable bonds is 5. The number of hydrogen-bond acceptors (Lipinski definition) is 7. The van der Waals surface area contributed by atoms with Gasteiger partial charge in [0.25, 0.3) is 5.91 Å². The van der Waals surface area contributed by atoms with Crippen molar-refractivity contribution in [1.82, 2.24) is 20.0 Å². The van der Waals surface area contributed by atoms with Crippen LogP contribution in [0.2, 0.25) is 0 Å². The lowest BCUT2D eigenvalue weighted by atomic mass is 10.2. The number of ether oxygens (including phenoxy) is 2. The average Bonchev–Trinajstić information content (AvgIpc) is 3.20. The summed E-state index contributed by atoms with van der Waals surface area (Å²) in [5.74, 6) is 0.978. The molecule has 3 rings (SSSR count). The first-order chi connectivity index (χ1) is 12.0. The first kappa shape index (κ1) is 16.5. The molecule has 3 aromatic rings. The molecule has 1 aromatic carbocycles. The van der Waals surface area contributed by atoms with E-state index in [0.717, 1.165) is 5.56 Å². The number of carbonyl (C=O) groups is 1. The van der Waals surface area contributed by atoms with Crippen LogP contribution in [0.5, 0.6) is 11.5 Å². The summed E-state index contributed by atoms with van der Waals surface area (Å²) in [6.07, 6.45) is 1.75. The zero-order valence-corrected chi connectivity index (χ0v) is 14.2. The summed E-state index contributed by atoms with van der Waals surface area (Å²) in [5.41, 5.74) is 1.65. The van der Waals surface area contributed by atoms with Crippen molar-refractivity contribution in [2.24, 2.45) is 7.05 Å². The Hall–Kier alpha value is -3.36. The normalized spacial score (nSPS) is 10.6. The fourth-order valence-electron chi connectivity index (χ4n) is 2.31. The number of aryl methyl sites for hydroxylation is 2. The third kappa shape index (κ3) is 3.44. The quantitative estimate of drug-likeness (QED) is 0.756. The third-order valence-corrected chi connectivity index (χ3v) is 3.47. The molecular weight excluding hydrogens is 326 g/mol. The second-order valence-corrected chi connectivity index (χ2v) is 5.30. The number of benzene rings is 1. The molecule has 25 heavy (non-hydrogen) atoms. The summed E-state index contributed by atoms with van der Waals surface area (Å²) in [4.78, 5) is 12.2. The van der Waals surface area contributed by atoms with Crippen LogP contribution in [0.3, 0.4) is 0 Å². The zero-order chi connectivity index (χ0) is 18.0. The summed E-state index contributed by atoms with van der Waals surface area (Å²) >= 11 is 0. The van der Waals surface area contributed by atoms with Crippen LogP contribution >= 0.6 is 0 Å². The van der Waals surface area contributed by atoms with E-state index >= 15 is 0 Å². The smallest absolute Gasteiger partial charge is 0.322 e. The predicted molar refractivity (Wildman–Crippen MR) is 88.7 cm³/mol. The molecular formula is C16H17N5O4. The van der Waals surface area contributed by atoms with Crippen LogP contribution in [0, 0.1) is 6.92 Å². The second-order valence-electron chi connectivity index (χ2n) is 5.30. The van der Waals surface area contributed by atoms with E-state index in [-0.39, 0.29) is 11.9 Å². The number of hydrogen-bond donors (Lipinski definition) is 1. The molecule has 0 aliphatic heterocycles. The van der Waals surface area contributed by atoms with Gasteiger partial charge in [0.2, 0.25) is 5.89 Å². The van der Waals surface area contributed by atoms with Crippen molar-refractivity contribution in [2.75, 3.05) is 19.5 Å². The van der Waals surface area contributed by atoms with Gasteiger partial charge in [-0.05, 0) is 19.1 Å². The maximum Gasteiger partial charge on any atom is 0.322 e. The molecule has 0 saturated carbocycles. The number of methoxy groups -OCH3 is 2. The molecule has 9 heteroatoms. The van der Waals surface area contributed by atoms with Gasteiger partial charge in [-0.25, -0.2) is 0 Å². The Bertz CT molecular complexity index is 893. The van der Waals surface area contributed by atoms with E-state index in [9.17, 15) is 4.79 Å². The van der Waals surface area contributed by atoms with Gasteiger partial charge in [-0.1, -0.05) is 5.10 Å². The summed E-state index contributed by atoms with van der Waals surface area (Å²) in [6, 6.07) is 5.16. The second kappa shape index (κ2) is 6.63. The van der Waals surface area contributed by atoms with Crippen LogP contribution in [0.25, 0.3) is 11.5 Å². The Labute approximate surface area is 143 Å². The van der Waals surface area contributed by atoms with Gasteiger partial charge in [-0.2, -0.15) is 5.10 Å². The SMILES string of the molecule is COc1cc(OC)cc(-c2nnc(NC(=O)c3nn(C)cc3C)o2)c1. The van der Waals surface area contributed by atoms with Gasteiger partial charge in [0.15, 0.2) is 5.69 Å². The fourth-order valence-corrected chi connectivity index (χ4v) is 2.31. The van der Waals surface area contributed by atoms with Crippen molar-refractivity contribution in [2.45, 2.75) is 6.92 Å². The summed E-state index contributed by atoms with van der Waals surface area (Å²) < 4.78 is 17.5. The Morgan fingerprint density at radius 3 is 2.40 bits per heavy atom. The minimum atomic E-state index is -0.420. The highest BCUT2D eigenvalue weighted by Crippen LogP contribution is 2.29. The van der Waals surface area contributed by atoms with Gasteiger partial charge < -0.3 is 13.9 Å². The van der Waals surface area contributed by atoms with Gasteiger partial charge in [0.1, 0.15) is 11.5 Å². The minimum Gasteiger partial charge on any atom is -0.497 e. The molecule has 0 spiro atoms. The molecule has 9 nitrogen and oxygen atoms in total. The molecule has 0 bridgehead atoms. The lowest BCUT2D eigenvalue weighted by molar-refractivity contribution is 0.101. The van der Waals surface area contributed by atoms with E-state index in [1.807, 2.05) is 0 Å². The first-order valence-electron chi connectivity index (χ1n) is 7.38. The summed E-state index contributed by atoms with van der Waals surface area (Å²) in [6.45, 7) is 1.80. The Morgan fingerprint density at radius 1 is 1.16 bits per heavy atom. The van der Waals surface area contributed by atoms with Gasteiger partial charge in [0.05, 0.1) is 14.2 Å². The van der Waals surface area contributed by atoms with E-state index < -0.39 is 5.91 Å². The average molecular weight is 343 g/mol. The topological polar surface area (TPSA) is 104 Å². The van der Waals surface area contributed by atoms with Crippen molar-refractivity contribution < 1.29 is 18.7 Å². The molecule has 0 saturated heterocycles. The molecule has 0 unspecified atom stereocenters. The van der Waals surface area contributed by atoms with Crippen LogP contribution in [0.15, 0.2) is 28.8 Å². The monoisotopic (exact) mass is 343 g/mol. The molecule has 0 atom stereocenters. The van der Waals surface area contributed by atoms with Crippen molar-refractivity contribution in [3.8, 4) is 23.0 Å². The number of amides is 1. The Morgan fingerprint density at radius 2 is 1.84 bits per heavy atom. The van der Waals surface area contributed by atoms with Crippen molar-refractivity contribution >= 4 is 11.9 Å². The standard InChI is InChI=1S/C16H17N5O4/c1-9-8-21(2)20-13(9)14(22)17-16-19-18-15(25-16)10-5-11(23-3)7-12(6-10)24-4/h5-8H,1-4H3,(H,17,19,22). The van der Waals surface area contributed by atoms with Crippen molar-refractivity contribution in [3.05, 3.63) is 35.7 Å². The minimum absolute atomic E-state index is 0.0214. The zero-order valence-electron chi connectivity index (χ0n) is 14.2. The molecule has 2 aromatic heterocycles. The van der Waals surface area contributed by atoms with Gasteiger partial charge in [-0.3, -0.25) is 14.8 Å². The Kier molecular flexibility index (Phi) is 4.38. The van der Waals surface area contributed by atoms with Gasteiger partial charge >= 0.3 is 6.01 Å². The fraction of sp³-hybridized carbons (Fsp3) is 0.250. The van der Waals surface area contributed by atoms with Crippen LogP contribution in [-0.4, -0.2) is 40.1 Å². The van der Waals surface area contributed by atoms with Crippen LogP contribution < -0.4 is 14.8 Å². The van der Waals surface area contributed by atoms with Gasteiger partial charge in [0, 0.05) is 30.4 Å². The molecule has 0 radical (unpaired) electrons. The molecule has 1 N–H and O–H groups in total. The number of anilines is 1. The maximum absolute atomic E-state index is 12.2. The number of nitrogens with one attached hydrogen (secondary N) is 1. The van der Waals surface area contributed by atoms with E-state index in [1.165, 1.54) is 0 Å². The Balaban J connectivity index is 1.83. The predicted octanol–water partition coefficient (Wildman–Crippen LogP) is 2.05. The molecule has 0 aliphatic carbocycles. The lowest BCUT2D eigenvalue weighted by Crippen LogP contribution is -2.14. The molecule has 2 heterocycles. The first-order valence-corrected chi connectivity index (χ1v) is 7.38. The third-order valence-electron chi connectivity index (χ3n) is 3.47. The van der Waals surface area contributed by atoms with Crippen LogP contribution in [-0.2, 0) is 7.05 Å². The molecule has 0 aliphatic rings. The number of carbonyl (C=O) groups excluding carboxylic acids is 1. The van der Waals surface area contributed by atoms with Crippen molar-refractivity contribution in [3.63, 3.8) is 0 Å². The van der Waals surface area contributed by atoms with E-state index in [0.29, 0.717) is 22.8 Å². The van der Waals surface area contributed by atoms with E-state index in [1.54, 1.807) is 57.3 Å². The molecule has 130 valence electrons. The molecule has 0 fully saturated rings. The largest absolute Gasteiger partial charge is 0.497 e. The lowest BCUT2D eigenvalue weighted by Gasteiger charge is -2.05.